The van der Waals surface area contributed by atoms with Crippen LogP contribution in [0.15, 0.2) is 42.5 Å². The first-order valence-electron chi connectivity index (χ1n) is 10.2. The van der Waals surface area contributed by atoms with Crippen LogP contribution in [0.1, 0.15) is 28.8 Å². The number of likely N-dealkylation sites (tertiary alicyclic amines) is 1. The summed E-state index contributed by atoms with van der Waals surface area (Å²) < 4.78 is 18.5. The summed E-state index contributed by atoms with van der Waals surface area (Å²) in [6.07, 6.45) is 1.41. The molecule has 0 atom stereocenters. The van der Waals surface area contributed by atoms with Crippen molar-refractivity contribution in [1.29, 1.82) is 0 Å². The Morgan fingerprint density at radius 3 is 2.53 bits per heavy atom. The Bertz CT molecular complexity index is 1050. The Morgan fingerprint density at radius 2 is 1.83 bits per heavy atom. The SMILES string of the molecule is COc1ccc(Cn2nnc3cc(C(=O)N4CCC5(CC4)OCCO5)ccc32)cc1. The molecule has 3 aromatic rings. The van der Waals surface area contributed by atoms with Gasteiger partial charge in [-0.1, -0.05) is 17.3 Å². The molecule has 0 bridgehead atoms. The summed E-state index contributed by atoms with van der Waals surface area (Å²) in [5.41, 5.74) is 3.34. The Morgan fingerprint density at radius 1 is 1.10 bits per heavy atom. The molecule has 0 radical (unpaired) electrons. The van der Waals surface area contributed by atoms with Gasteiger partial charge in [0.1, 0.15) is 11.3 Å². The number of aromatic nitrogens is 3. The normalized spacial score (nSPS) is 18.2. The third-order valence-electron chi connectivity index (χ3n) is 5.88. The van der Waals surface area contributed by atoms with E-state index < -0.39 is 5.79 Å². The molecule has 2 saturated heterocycles. The van der Waals surface area contributed by atoms with Crippen molar-refractivity contribution in [1.82, 2.24) is 19.9 Å². The fourth-order valence-electron chi connectivity index (χ4n) is 4.14. The maximum Gasteiger partial charge on any atom is 0.253 e. The van der Waals surface area contributed by atoms with Crippen LogP contribution in [0.2, 0.25) is 0 Å². The van der Waals surface area contributed by atoms with Crippen LogP contribution in [0.3, 0.4) is 0 Å². The first kappa shape index (κ1) is 19.0. The Balaban J connectivity index is 1.30. The molecule has 1 aromatic heterocycles. The molecule has 0 saturated carbocycles. The summed E-state index contributed by atoms with van der Waals surface area (Å²) in [6.45, 7) is 3.12. The average molecular weight is 408 g/mol. The maximum absolute atomic E-state index is 13.0. The van der Waals surface area contributed by atoms with E-state index in [1.165, 1.54) is 0 Å². The number of piperidine rings is 1. The monoisotopic (exact) mass is 408 g/mol. The number of rotatable bonds is 4. The van der Waals surface area contributed by atoms with Crippen molar-refractivity contribution < 1.29 is 19.0 Å². The van der Waals surface area contributed by atoms with Crippen LogP contribution in [0.4, 0.5) is 0 Å². The molecule has 8 heteroatoms. The van der Waals surface area contributed by atoms with Gasteiger partial charge in [0.05, 0.1) is 32.4 Å². The zero-order chi connectivity index (χ0) is 20.6. The van der Waals surface area contributed by atoms with Crippen molar-refractivity contribution >= 4 is 16.9 Å². The second-order valence-electron chi connectivity index (χ2n) is 7.70. The molecule has 0 unspecified atom stereocenters. The van der Waals surface area contributed by atoms with Gasteiger partial charge in [0, 0.05) is 31.5 Å². The Hall–Kier alpha value is -2.97. The summed E-state index contributed by atoms with van der Waals surface area (Å²) >= 11 is 0. The zero-order valence-electron chi connectivity index (χ0n) is 16.9. The van der Waals surface area contributed by atoms with Crippen molar-refractivity contribution in [3.05, 3.63) is 53.6 Å². The zero-order valence-corrected chi connectivity index (χ0v) is 16.9. The minimum atomic E-state index is -0.481. The van der Waals surface area contributed by atoms with Gasteiger partial charge < -0.3 is 19.1 Å². The van der Waals surface area contributed by atoms with E-state index in [2.05, 4.69) is 10.3 Å². The maximum atomic E-state index is 13.0. The summed E-state index contributed by atoms with van der Waals surface area (Å²) in [5, 5.41) is 8.54. The predicted octanol–water partition coefficient (Wildman–Crippen LogP) is 2.47. The molecule has 0 N–H and O–H groups in total. The molecule has 2 aliphatic rings. The molecule has 2 aliphatic heterocycles. The second kappa shape index (κ2) is 7.70. The standard InChI is InChI=1S/C22H24N4O4/c1-28-18-5-2-16(3-6-18)15-26-20-7-4-17(14-19(20)23-24-26)21(27)25-10-8-22(9-11-25)29-12-13-30-22/h2-7,14H,8-13,15H2,1H3. The van der Waals surface area contributed by atoms with Crippen molar-refractivity contribution in [2.45, 2.75) is 25.2 Å². The molecular formula is C22H24N4O4. The number of carbonyl (C=O) groups is 1. The lowest BCUT2D eigenvalue weighted by molar-refractivity contribution is -0.181. The van der Waals surface area contributed by atoms with Crippen LogP contribution in [0.25, 0.3) is 11.0 Å². The molecule has 8 nitrogen and oxygen atoms in total. The summed E-state index contributed by atoms with van der Waals surface area (Å²) in [6, 6.07) is 13.5. The number of methoxy groups -OCH3 is 1. The summed E-state index contributed by atoms with van der Waals surface area (Å²) in [7, 11) is 1.65. The fraction of sp³-hybridized carbons (Fsp3) is 0.409. The number of carbonyl (C=O) groups excluding carboxylic acids is 1. The van der Waals surface area contributed by atoms with E-state index in [9.17, 15) is 4.79 Å². The van der Waals surface area contributed by atoms with Crippen LogP contribution < -0.4 is 4.74 Å². The van der Waals surface area contributed by atoms with Crippen molar-refractivity contribution in [2.75, 3.05) is 33.4 Å². The molecule has 1 amide bonds. The van der Waals surface area contributed by atoms with Crippen molar-refractivity contribution in [3.63, 3.8) is 0 Å². The van der Waals surface area contributed by atoms with Crippen LogP contribution in [0, 0.1) is 0 Å². The largest absolute Gasteiger partial charge is 0.497 e. The van der Waals surface area contributed by atoms with Gasteiger partial charge >= 0.3 is 0 Å². The van der Waals surface area contributed by atoms with Gasteiger partial charge in [0.25, 0.3) is 5.91 Å². The van der Waals surface area contributed by atoms with E-state index in [0.717, 1.165) is 16.8 Å². The van der Waals surface area contributed by atoms with Crippen LogP contribution in [0.5, 0.6) is 5.75 Å². The third-order valence-corrected chi connectivity index (χ3v) is 5.88. The molecule has 3 heterocycles. The number of hydrogen-bond acceptors (Lipinski definition) is 6. The molecule has 0 aliphatic carbocycles. The summed E-state index contributed by atoms with van der Waals surface area (Å²) in [4.78, 5) is 14.8. The van der Waals surface area contributed by atoms with Gasteiger partial charge in [-0.15, -0.1) is 5.10 Å². The number of benzene rings is 2. The van der Waals surface area contributed by atoms with Gasteiger partial charge in [-0.25, -0.2) is 4.68 Å². The third kappa shape index (κ3) is 3.53. The van der Waals surface area contributed by atoms with E-state index in [-0.39, 0.29) is 5.91 Å². The van der Waals surface area contributed by atoms with E-state index in [1.54, 1.807) is 7.11 Å². The first-order valence-corrected chi connectivity index (χ1v) is 10.2. The molecule has 2 fully saturated rings. The first-order chi connectivity index (χ1) is 14.7. The fourth-order valence-corrected chi connectivity index (χ4v) is 4.14. The molecule has 5 rings (SSSR count). The highest BCUT2D eigenvalue weighted by atomic mass is 16.7. The van der Waals surface area contributed by atoms with Crippen LogP contribution in [-0.2, 0) is 16.0 Å². The van der Waals surface area contributed by atoms with Crippen molar-refractivity contribution in [3.8, 4) is 5.75 Å². The van der Waals surface area contributed by atoms with Crippen LogP contribution >= 0.6 is 0 Å². The highest BCUT2D eigenvalue weighted by molar-refractivity contribution is 5.97. The number of fused-ring (bicyclic) bond motifs is 1. The lowest BCUT2D eigenvalue weighted by atomic mass is 10.0. The average Bonchev–Trinajstić information content (AvgIpc) is 3.41. The van der Waals surface area contributed by atoms with Crippen LogP contribution in [-0.4, -0.2) is 65.0 Å². The number of amides is 1. The lowest BCUT2D eigenvalue weighted by Gasteiger charge is -2.37. The second-order valence-corrected chi connectivity index (χ2v) is 7.70. The molecule has 2 aromatic carbocycles. The van der Waals surface area contributed by atoms with Gasteiger partial charge in [-0.2, -0.15) is 0 Å². The van der Waals surface area contributed by atoms with Gasteiger partial charge in [0.15, 0.2) is 5.79 Å². The van der Waals surface area contributed by atoms with Gasteiger partial charge in [-0.3, -0.25) is 4.79 Å². The van der Waals surface area contributed by atoms with Crippen molar-refractivity contribution in [2.24, 2.45) is 0 Å². The Kier molecular flexibility index (Phi) is 4.88. The molecular weight excluding hydrogens is 384 g/mol. The number of nitrogens with zero attached hydrogens (tertiary/aromatic N) is 4. The number of hydrogen-bond donors (Lipinski definition) is 0. The van der Waals surface area contributed by atoms with E-state index in [1.807, 2.05) is 52.0 Å². The quantitative estimate of drug-likeness (QED) is 0.660. The minimum Gasteiger partial charge on any atom is -0.497 e. The molecule has 30 heavy (non-hydrogen) atoms. The predicted molar refractivity (Wildman–Crippen MR) is 109 cm³/mol. The number of ether oxygens (including phenoxy) is 3. The minimum absolute atomic E-state index is 0.00875. The molecule has 1 spiro atoms. The van der Waals surface area contributed by atoms with Gasteiger partial charge in [-0.05, 0) is 35.9 Å². The highest BCUT2D eigenvalue weighted by Gasteiger charge is 2.40. The van der Waals surface area contributed by atoms with Gasteiger partial charge in [0.2, 0.25) is 0 Å². The summed E-state index contributed by atoms with van der Waals surface area (Å²) in [5.74, 6) is 0.347. The van der Waals surface area contributed by atoms with E-state index in [4.69, 9.17) is 14.2 Å². The van der Waals surface area contributed by atoms with E-state index >= 15 is 0 Å². The Labute approximate surface area is 174 Å². The van der Waals surface area contributed by atoms with E-state index in [0.29, 0.717) is 56.8 Å². The highest BCUT2D eigenvalue weighted by Crippen LogP contribution is 2.32. The molecule has 156 valence electrons. The topological polar surface area (TPSA) is 78.7 Å². The lowest BCUT2D eigenvalue weighted by Crippen LogP contribution is -2.47. The smallest absolute Gasteiger partial charge is 0.253 e.